The van der Waals surface area contributed by atoms with Crippen molar-refractivity contribution in [2.24, 2.45) is 0 Å². The van der Waals surface area contributed by atoms with Crippen LogP contribution in [0.2, 0.25) is 0 Å². The number of amides is 1. The normalized spacial score (nSPS) is 16.2. The lowest BCUT2D eigenvalue weighted by Gasteiger charge is -2.26. The Kier molecular flexibility index (Phi) is 3.54. The third-order valence-corrected chi connectivity index (χ3v) is 4.27. The molecule has 1 aliphatic rings. The number of rotatable bonds is 2. The van der Waals surface area contributed by atoms with Gasteiger partial charge in [0.25, 0.3) is 0 Å². The largest absolute Gasteiger partial charge is 0.493 e. The highest BCUT2D eigenvalue weighted by Crippen LogP contribution is 2.35. The van der Waals surface area contributed by atoms with Gasteiger partial charge in [-0.1, -0.05) is 30.3 Å². The fourth-order valence-electron chi connectivity index (χ4n) is 3.10. The van der Waals surface area contributed by atoms with Crippen LogP contribution >= 0.6 is 0 Å². The van der Waals surface area contributed by atoms with Crippen LogP contribution < -0.4 is 10.1 Å². The van der Waals surface area contributed by atoms with Gasteiger partial charge in [-0.05, 0) is 23.8 Å². The molecule has 5 heteroatoms. The molecule has 1 aromatic heterocycles. The van der Waals surface area contributed by atoms with E-state index in [1.165, 1.54) is 0 Å². The number of hydrogen-bond donors (Lipinski definition) is 2. The van der Waals surface area contributed by atoms with E-state index in [4.69, 9.17) is 9.84 Å². The highest BCUT2D eigenvalue weighted by Gasteiger charge is 2.23. The molecule has 3 aromatic rings. The Balaban J connectivity index is 1.72. The number of benzene rings is 2. The zero-order valence-electron chi connectivity index (χ0n) is 12.9. The lowest BCUT2D eigenvalue weighted by atomic mass is 9.96. The molecule has 24 heavy (non-hydrogen) atoms. The summed E-state index contributed by atoms with van der Waals surface area (Å²) >= 11 is 0. The van der Waals surface area contributed by atoms with Crippen molar-refractivity contribution >= 4 is 17.0 Å². The van der Waals surface area contributed by atoms with E-state index in [9.17, 15) is 4.79 Å². The van der Waals surface area contributed by atoms with Gasteiger partial charge in [-0.2, -0.15) is 0 Å². The second-order valence-electron chi connectivity index (χ2n) is 5.81. The minimum absolute atomic E-state index is 0.227. The molecule has 0 radical (unpaired) electrons. The Labute approximate surface area is 138 Å². The number of aromatic nitrogens is 1. The second kappa shape index (κ2) is 5.85. The Bertz CT molecular complexity index is 923. The molecule has 1 atom stereocenters. The predicted octanol–water partition coefficient (Wildman–Crippen LogP) is 3.99. The van der Waals surface area contributed by atoms with E-state index in [1.807, 2.05) is 48.7 Å². The molecule has 1 aliphatic heterocycles. The quantitative estimate of drug-likeness (QED) is 0.749. The van der Waals surface area contributed by atoms with Crippen molar-refractivity contribution < 1.29 is 14.6 Å². The third kappa shape index (κ3) is 2.65. The van der Waals surface area contributed by atoms with Crippen molar-refractivity contribution in [1.82, 2.24) is 10.3 Å². The molecule has 120 valence electrons. The van der Waals surface area contributed by atoms with Gasteiger partial charge in [-0.3, -0.25) is 4.98 Å². The molecule has 0 spiro atoms. The highest BCUT2D eigenvalue weighted by atomic mass is 16.5. The first-order valence-corrected chi connectivity index (χ1v) is 7.82. The van der Waals surface area contributed by atoms with Crippen LogP contribution in [0, 0.1) is 0 Å². The van der Waals surface area contributed by atoms with E-state index in [2.05, 4.69) is 16.4 Å². The maximum Gasteiger partial charge on any atom is 0.405 e. The van der Waals surface area contributed by atoms with Crippen LogP contribution in [0.5, 0.6) is 5.75 Å². The maximum absolute atomic E-state index is 10.9. The zero-order chi connectivity index (χ0) is 16.5. The van der Waals surface area contributed by atoms with Crippen molar-refractivity contribution in [3.05, 3.63) is 60.3 Å². The van der Waals surface area contributed by atoms with Crippen LogP contribution in [-0.2, 0) is 0 Å². The molecular weight excluding hydrogens is 304 g/mol. The van der Waals surface area contributed by atoms with Gasteiger partial charge >= 0.3 is 6.09 Å². The molecule has 2 heterocycles. The number of pyridine rings is 1. The Morgan fingerprint density at radius 1 is 1.17 bits per heavy atom. The van der Waals surface area contributed by atoms with Crippen LogP contribution in [-0.4, -0.2) is 22.8 Å². The SMILES string of the molecule is O=C(O)NC1CCOc2cc(-c3cnc4ccccc4c3)ccc21. The van der Waals surface area contributed by atoms with Gasteiger partial charge in [0.2, 0.25) is 0 Å². The fraction of sp³-hybridized carbons (Fsp3) is 0.158. The average Bonchev–Trinajstić information content (AvgIpc) is 2.60. The van der Waals surface area contributed by atoms with Crippen LogP contribution in [0.25, 0.3) is 22.0 Å². The summed E-state index contributed by atoms with van der Waals surface area (Å²) in [6.07, 6.45) is 1.46. The molecule has 2 N–H and O–H groups in total. The van der Waals surface area contributed by atoms with Gasteiger partial charge in [0.1, 0.15) is 5.75 Å². The predicted molar refractivity (Wildman–Crippen MR) is 91.2 cm³/mol. The zero-order valence-corrected chi connectivity index (χ0v) is 12.9. The Morgan fingerprint density at radius 3 is 2.92 bits per heavy atom. The smallest absolute Gasteiger partial charge is 0.405 e. The fourth-order valence-corrected chi connectivity index (χ4v) is 3.10. The molecule has 0 bridgehead atoms. The Morgan fingerprint density at radius 2 is 2.04 bits per heavy atom. The van der Waals surface area contributed by atoms with Gasteiger partial charge in [0.15, 0.2) is 0 Å². The summed E-state index contributed by atoms with van der Waals surface area (Å²) in [6, 6.07) is 15.7. The summed E-state index contributed by atoms with van der Waals surface area (Å²) in [5, 5.41) is 12.6. The van der Waals surface area contributed by atoms with Crippen molar-refractivity contribution in [3.8, 4) is 16.9 Å². The lowest BCUT2D eigenvalue weighted by Crippen LogP contribution is -2.30. The molecule has 0 fully saturated rings. The average molecular weight is 320 g/mol. The second-order valence-corrected chi connectivity index (χ2v) is 5.81. The first-order chi connectivity index (χ1) is 11.7. The number of hydrogen-bond acceptors (Lipinski definition) is 3. The van der Waals surface area contributed by atoms with E-state index >= 15 is 0 Å². The summed E-state index contributed by atoms with van der Waals surface area (Å²) in [5.74, 6) is 0.727. The molecular formula is C19H16N2O3. The molecule has 0 aliphatic carbocycles. The van der Waals surface area contributed by atoms with Gasteiger partial charge in [0.05, 0.1) is 18.2 Å². The van der Waals surface area contributed by atoms with Crippen LogP contribution in [0.3, 0.4) is 0 Å². The standard InChI is InChI=1S/C19H16N2O3/c22-19(23)21-17-7-8-24-18-10-12(5-6-15(17)18)14-9-13-3-1-2-4-16(13)20-11-14/h1-6,9-11,17,21H,7-8H2,(H,22,23). The molecule has 5 nitrogen and oxygen atoms in total. The number of nitrogens with zero attached hydrogens (tertiary/aromatic N) is 1. The molecule has 1 unspecified atom stereocenters. The van der Waals surface area contributed by atoms with Gasteiger partial charge in [0, 0.05) is 29.1 Å². The monoisotopic (exact) mass is 320 g/mol. The van der Waals surface area contributed by atoms with Crippen LogP contribution in [0.1, 0.15) is 18.0 Å². The van der Waals surface area contributed by atoms with Crippen molar-refractivity contribution in [2.75, 3.05) is 6.61 Å². The first-order valence-electron chi connectivity index (χ1n) is 7.82. The molecule has 4 rings (SSSR count). The van der Waals surface area contributed by atoms with Gasteiger partial charge in [-0.25, -0.2) is 4.79 Å². The van der Waals surface area contributed by atoms with E-state index in [1.54, 1.807) is 0 Å². The Hall–Kier alpha value is -3.08. The molecule has 0 saturated heterocycles. The van der Waals surface area contributed by atoms with E-state index < -0.39 is 6.09 Å². The highest BCUT2D eigenvalue weighted by molar-refractivity contribution is 5.83. The number of carboxylic acid groups (broad SMARTS) is 1. The molecule has 0 saturated carbocycles. The van der Waals surface area contributed by atoms with Crippen molar-refractivity contribution in [3.63, 3.8) is 0 Å². The first kappa shape index (κ1) is 14.5. The van der Waals surface area contributed by atoms with E-state index in [0.29, 0.717) is 13.0 Å². The summed E-state index contributed by atoms with van der Waals surface area (Å²) in [7, 11) is 0. The van der Waals surface area contributed by atoms with Crippen LogP contribution in [0.15, 0.2) is 54.7 Å². The number of nitrogens with one attached hydrogen (secondary N) is 1. The number of ether oxygens (including phenoxy) is 1. The summed E-state index contributed by atoms with van der Waals surface area (Å²) in [4.78, 5) is 15.4. The summed E-state index contributed by atoms with van der Waals surface area (Å²) < 4.78 is 5.73. The summed E-state index contributed by atoms with van der Waals surface area (Å²) in [5.41, 5.74) is 3.85. The van der Waals surface area contributed by atoms with Gasteiger partial charge in [-0.15, -0.1) is 0 Å². The van der Waals surface area contributed by atoms with E-state index in [-0.39, 0.29) is 6.04 Å². The lowest BCUT2D eigenvalue weighted by molar-refractivity contribution is 0.182. The molecule has 2 aromatic carbocycles. The minimum Gasteiger partial charge on any atom is -0.493 e. The number of carbonyl (C=O) groups is 1. The van der Waals surface area contributed by atoms with Crippen LogP contribution in [0.4, 0.5) is 4.79 Å². The number of fused-ring (bicyclic) bond motifs is 2. The topological polar surface area (TPSA) is 71.5 Å². The maximum atomic E-state index is 10.9. The van der Waals surface area contributed by atoms with E-state index in [0.717, 1.165) is 33.3 Å². The van der Waals surface area contributed by atoms with Gasteiger partial charge < -0.3 is 15.2 Å². The number of para-hydroxylation sites is 1. The minimum atomic E-state index is -1.02. The third-order valence-electron chi connectivity index (χ3n) is 4.27. The summed E-state index contributed by atoms with van der Waals surface area (Å²) in [6.45, 7) is 0.497. The van der Waals surface area contributed by atoms with Crippen molar-refractivity contribution in [1.29, 1.82) is 0 Å². The van der Waals surface area contributed by atoms with Crippen molar-refractivity contribution in [2.45, 2.75) is 12.5 Å². The molecule has 1 amide bonds.